The van der Waals surface area contributed by atoms with Crippen LogP contribution in [-0.2, 0) is 9.53 Å². The third-order valence-corrected chi connectivity index (χ3v) is 2.77. The highest BCUT2D eigenvalue weighted by atomic mass is 16.5. The summed E-state index contributed by atoms with van der Waals surface area (Å²) >= 11 is 0. The number of nitrogens with zero attached hydrogens (tertiary/aromatic N) is 1. The lowest BCUT2D eigenvalue weighted by Gasteiger charge is -2.25. The van der Waals surface area contributed by atoms with E-state index in [9.17, 15) is 4.79 Å². The van der Waals surface area contributed by atoms with Crippen molar-refractivity contribution >= 4 is 5.97 Å². The van der Waals surface area contributed by atoms with Gasteiger partial charge < -0.3 is 10.1 Å². The second-order valence-corrected chi connectivity index (χ2v) is 4.12. The van der Waals surface area contributed by atoms with Crippen molar-refractivity contribution in [3.63, 3.8) is 0 Å². The van der Waals surface area contributed by atoms with Crippen LogP contribution in [0.4, 0.5) is 0 Å². The molecule has 0 saturated carbocycles. The second kappa shape index (κ2) is 9.60. The molecule has 0 aromatic heterocycles. The quantitative estimate of drug-likeness (QED) is 0.478. The Labute approximate surface area is 99.3 Å². The minimum Gasteiger partial charge on any atom is -0.468 e. The summed E-state index contributed by atoms with van der Waals surface area (Å²) in [4.78, 5) is 13.7. The van der Waals surface area contributed by atoms with Crippen molar-refractivity contribution in [2.45, 2.75) is 38.6 Å². The molecule has 0 spiro atoms. The molecule has 0 aliphatic rings. The molecule has 1 N–H and O–H groups in total. The summed E-state index contributed by atoms with van der Waals surface area (Å²) in [6.07, 6.45) is 4.11. The number of methoxy groups -OCH3 is 1. The first-order valence-corrected chi connectivity index (χ1v) is 6.10. The number of likely N-dealkylation sites (N-methyl/N-ethyl adjacent to an activating group) is 1. The Morgan fingerprint density at radius 3 is 2.62 bits per heavy atom. The fourth-order valence-electron chi connectivity index (χ4n) is 1.71. The van der Waals surface area contributed by atoms with Crippen LogP contribution in [0.3, 0.4) is 0 Å². The molecule has 1 unspecified atom stereocenters. The van der Waals surface area contributed by atoms with Gasteiger partial charge in [0.25, 0.3) is 0 Å². The third kappa shape index (κ3) is 6.08. The first-order valence-electron chi connectivity index (χ1n) is 6.10. The van der Waals surface area contributed by atoms with Crippen molar-refractivity contribution < 1.29 is 9.53 Å². The van der Waals surface area contributed by atoms with Crippen molar-refractivity contribution in [2.24, 2.45) is 0 Å². The number of carbonyl (C=O) groups is 1. The van der Waals surface area contributed by atoms with E-state index in [0.29, 0.717) is 0 Å². The maximum absolute atomic E-state index is 11.6. The van der Waals surface area contributed by atoms with Crippen LogP contribution in [0, 0.1) is 0 Å². The molecule has 4 nitrogen and oxygen atoms in total. The molecule has 0 saturated heterocycles. The Kier molecular flexibility index (Phi) is 9.24. The molecule has 0 heterocycles. The van der Waals surface area contributed by atoms with E-state index in [1.54, 1.807) is 0 Å². The molecule has 1 atom stereocenters. The third-order valence-electron chi connectivity index (χ3n) is 2.77. The monoisotopic (exact) mass is 230 g/mol. The number of esters is 1. The average Bonchev–Trinajstić information content (AvgIpc) is 2.29. The fourth-order valence-corrected chi connectivity index (χ4v) is 1.71. The summed E-state index contributed by atoms with van der Waals surface area (Å²) in [5, 5.41) is 3.11. The van der Waals surface area contributed by atoms with Gasteiger partial charge in [-0.15, -0.1) is 0 Å². The number of unbranched alkanes of at least 4 members (excludes halogenated alkanes) is 1. The summed E-state index contributed by atoms with van der Waals surface area (Å²) in [5.41, 5.74) is 0. The fraction of sp³-hybridized carbons (Fsp3) is 0.917. The van der Waals surface area contributed by atoms with Crippen LogP contribution in [0.1, 0.15) is 32.6 Å². The minimum atomic E-state index is -0.111. The molecule has 0 aromatic rings. The van der Waals surface area contributed by atoms with E-state index in [-0.39, 0.29) is 12.0 Å². The van der Waals surface area contributed by atoms with Crippen molar-refractivity contribution in [3.8, 4) is 0 Å². The molecule has 0 aliphatic heterocycles. The van der Waals surface area contributed by atoms with E-state index in [0.717, 1.165) is 38.8 Å². The molecular formula is C12H26N2O2. The van der Waals surface area contributed by atoms with Gasteiger partial charge in [0.15, 0.2) is 0 Å². The van der Waals surface area contributed by atoms with Crippen LogP contribution in [0.15, 0.2) is 0 Å². The lowest BCUT2D eigenvalue weighted by atomic mass is 10.1. The molecule has 96 valence electrons. The van der Waals surface area contributed by atoms with E-state index < -0.39 is 0 Å². The Morgan fingerprint density at radius 1 is 1.44 bits per heavy atom. The summed E-state index contributed by atoms with van der Waals surface area (Å²) in [6, 6.07) is -0.0817. The highest BCUT2D eigenvalue weighted by molar-refractivity contribution is 5.75. The summed E-state index contributed by atoms with van der Waals surface area (Å²) in [6.45, 7) is 4.03. The van der Waals surface area contributed by atoms with Crippen molar-refractivity contribution in [1.29, 1.82) is 0 Å². The summed E-state index contributed by atoms with van der Waals surface area (Å²) in [5.74, 6) is -0.111. The zero-order valence-corrected chi connectivity index (χ0v) is 11.1. The van der Waals surface area contributed by atoms with Crippen molar-refractivity contribution in [2.75, 3.05) is 34.3 Å². The molecule has 0 fully saturated rings. The van der Waals surface area contributed by atoms with Gasteiger partial charge in [0.2, 0.25) is 0 Å². The van der Waals surface area contributed by atoms with Crippen LogP contribution in [0.2, 0.25) is 0 Å². The number of nitrogens with one attached hydrogen (secondary N) is 1. The van der Waals surface area contributed by atoms with Gasteiger partial charge >= 0.3 is 5.97 Å². The molecule has 0 radical (unpaired) electrons. The smallest absolute Gasteiger partial charge is 0.323 e. The lowest BCUT2D eigenvalue weighted by molar-refractivity contribution is -0.146. The van der Waals surface area contributed by atoms with Gasteiger partial charge in [-0.1, -0.05) is 19.8 Å². The van der Waals surface area contributed by atoms with Crippen LogP contribution in [-0.4, -0.2) is 51.2 Å². The number of hydrogen-bond donors (Lipinski definition) is 1. The van der Waals surface area contributed by atoms with E-state index in [1.807, 2.05) is 14.1 Å². The zero-order valence-electron chi connectivity index (χ0n) is 11.1. The van der Waals surface area contributed by atoms with Gasteiger partial charge in [-0.25, -0.2) is 0 Å². The van der Waals surface area contributed by atoms with E-state index >= 15 is 0 Å². The minimum absolute atomic E-state index is 0.0817. The summed E-state index contributed by atoms with van der Waals surface area (Å²) < 4.78 is 4.84. The standard InChI is InChI=1S/C12H26N2O2/c1-5-6-8-11(12(15)16-4)14(3)10-7-9-13-2/h11,13H,5-10H2,1-4H3. The van der Waals surface area contributed by atoms with Gasteiger partial charge in [-0.3, -0.25) is 9.69 Å². The van der Waals surface area contributed by atoms with E-state index in [1.165, 1.54) is 7.11 Å². The molecule has 0 aliphatic carbocycles. The average molecular weight is 230 g/mol. The molecule has 0 amide bonds. The maximum Gasteiger partial charge on any atom is 0.323 e. The highest BCUT2D eigenvalue weighted by Crippen LogP contribution is 2.09. The van der Waals surface area contributed by atoms with E-state index in [4.69, 9.17) is 4.74 Å². The first kappa shape index (κ1) is 15.4. The van der Waals surface area contributed by atoms with Crippen LogP contribution >= 0.6 is 0 Å². The van der Waals surface area contributed by atoms with Gasteiger partial charge in [0.1, 0.15) is 6.04 Å². The molecule has 0 aromatic carbocycles. The van der Waals surface area contributed by atoms with Gasteiger partial charge in [-0.2, -0.15) is 0 Å². The van der Waals surface area contributed by atoms with Gasteiger partial charge in [-0.05, 0) is 40.0 Å². The predicted octanol–water partition coefficient (Wildman–Crippen LogP) is 1.26. The molecule has 16 heavy (non-hydrogen) atoms. The Balaban J connectivity index is 4.09. The largest absolute Gasteiger partial charge is 0.468 e. The SMILES string of the molecule is CCCCC(C(=O)OC)N(C)CCCNC. The molecular weight excluding hydrogens is 204 g/mol. The topological polar surface area (TPSA) is 41.6 Å². The van der Waals surface area contributed by atoms with Gasteiger partial charge in [0.05, 0.1) is 7.11 Å². The Bertz CT molecular complexity index is 186. The van der Waals surface area contributed by atoms with Crippen LogP contribution in [0.5, 0.6) is 0 Å². The number of hydrogen-bond acceptors (Lipinski definition) is 4. The lowest BCUT2D eigenvalue weighted by Crippen LogP contribution is -2.40. The van der Waals surface area contributed by atoms with Gasteiger partial charge in [0, 0.05) is 0 Å². The molecule has 4 heteroatoms. The number of ether oxygens (including phenoxy) is 1. The Hall–Kier alpha value is -0.610. The maximum atomic E-state index is 11.6. The number of carbonyl (C=O) groups excluding carboxylic acids is 1. The highest BCUT2D eigenvalue weighted by Gasteiger charge is 2.22. The molecule has 0 rings (SSSR count). The first-order chi connectivity index (χ1) is 7.67. The normalized spacial score (nSPS) is 12.8. The number of rotatable bonds is 9. The van der Waals surface area contributed by atoms with Crippen molar-refractivity contribution in [1.82, 2.24) is 10.2 Å². The van der Waals surface area contributed by atoms with Crippen LogP contribution < -0.4 is 5.32 Å². The van der Waals surface area contributed by atoms with Crippen molar-refractivity contribution in [3.05, 3.63) is 0 Å². The molecule has 0 bridgehead atoms. The zero-order chi connectivity index (χ0) is 12.4. The Morgan fingerprint density at radius 2 is 2.12 bits per heavy atom. The predicted molar refractivity (Wildman–Crippen MR) is 66.5 cm³/mol. The second-order valence-electron chi connectivity index (χ2n) is 4.12. The van der Waals surface area contributed by atoms with E-state index in [2.05, 4.69) is 17.1 Å². The summed E-state index contributed by atoms with van der Waals surface area (Å²) in [7, 11) is 5.39. The van der Waals surface area contributed by atoms with Crippen LogP contribution in [0.25, 0.3) is 0 Å².